The second-order valence-corrected chi connectivity index (χ2v) is 5.51. The zero-order valence-corrected chi connectivity index (χ0v) is 13.3. The lowest BCUT2D eigenvalue weighted by molar-refractivity contribution is 0.208. The van der Waals surface area contributed by atoms with Crippen LogP contribution < -0.4 is 5.32 Å². The molecule has 9 heteroatoms. The molecule has 0 spiro atoms. The Hall–Kier alpha value is -3.77. The topological polar surface area (TPSA) is 115 Å². The largest absolute Gasteiger partial charge is 0.380 e. The number of nitrogens with zero attached hydrogens (tertiary/aromatic N) is 5. The highest BCUT2D eigenvalue weighted by atomic mass is 19.1. The van der Waals surface area contributed by atoms with Crippen molar-refractivity contribution in [1.82, 2.24) is 24.8 Å². The first kappa shape index (κ1) is 15.7. The molecule has 0 saturated heterocycles. The summed E-state index contributed by atoms with van der Waals surface area (Å²) in [5.74, 6) is 0.568. The third-order valence-corrected chi connectivity index (χ3v) is 3.78. The van der Waals surface area contributed by atoms with E-state index in [9.17, 15) is 9.50 Å². The molecule has 0 fully saturated rings. The van der Waals surface area contributed by atoms with Gasteiger partial charge in [-0.3, -0.25) is 5.10 Å². The van der Waals surface area contributed by atoms with Gasteiger partial charge in [-0.2, -0.15) is 10.4 Å². The molecule has 3 aromatic heterocycles. The summed E-state index contributed by atoms with van der Waals surface area (Å²) >= 11 is 0. The van der Waals surface area contributed by atoms with Crippen molar-refractivity contribution < 1.29 is 9.50 Å². The van der Waals surface area contributed by atoms with Crippen molar-refractivity contribution in [3.8, 4) is 6.07 Å². The summed E-state index contributed by atoms with van der Waals surface area (Å²) in [7, 11) is 0. The summed E-state index contributed by atoms with van der Waals surface area (Å²) in [5.41, 5.74) is 1.44. The lowest BCUT2D eigenvalue weighted by Gasteiger charge is -2.12. The van der Waals surface area contributed by atoms with Gasteiger partial charge in [-0.15, -0.1) is 5.10 Å². The Morgan fingerprint density at radius 3 is 2.81 bits per heavy atom. The molecule has 0 aliphatic rings. The predicted octanol–water partition coefficient (Wildman–Crippen LogP) is 2.29. The van der Waals surface area contributed by atoms with Crippen LogP contribution in [0.2, 0.25) is 0 Å². The summed E-state index contributed by atoms with van der Waals surface area (Å²) in [6.07, 6.45) is 0.589. The van der Waals surface area contributed by atoms with Crippen LogP contribution in [0.25, 0.3) is 5.52 Å². The lowest BCUT2D eigenvalue weighted by Crippen LogP contribution is -2.11. The van der Waals surface area contributed by atoms with Gasteiger partial charge in [0.15, 0.2) is 17.5 Å². The number of H-pyrrole nitrogens is 1. The van der Waals surface area contributed by atoms with E-state index in [0.717, 1.165) is 0 Å². The normalized spacial score (nSPS) is 12.0. The van der Waals surface area contributed by atoms with Gasteiger partial charge >= 0.3 is 0 Å². The number of aliphatic hydroxyl groups is 1. The highest BCUT2D eigenvalue weighted by molar-refractivity contribution is 5.72. The molecule has 0 bridgehead atoms. The van der Waals surface area contributed by atoms with Crippen LogP contribution in [-0.2, 0) is 0 Å². The van der Waals surface area contributed by atoms with Crippen LogP contribution in [-0.4, -0.2) is 29.9 Å². The first-order chi connectivity index (χ1) is 12.6. The fourth-order valence-corrected chi connectivity index (χ4v) is 2.52. The minimum absolute atomic E-state index is 0.138. The second kappa shape index (κ2) is 6.27. The van der Waals surface area contributed by atoms with Crippen LogP contribution >= 0.6 is 0 Å². The number of halogens is 1. The van der Waals surface area contributed by atoms with E-state index in [-0.39, 0.29) is 5.82 Å². The summed E-state index contributed by atoms with van der Waals surface area (Å²) in [4.78, 5) is 4.38. The van der Waals surface area contributed by atoms with E-state index in [1.54, 1.807) is 22.8 Å². The van der Waals surface area contributed by atoms with Crippen LogP contribution in [0.1, 0.15) is 23.2 Å². The molecule has 0 radical (unpaired) electrons. The maximum Gasteiger partial charge on any atom is 0.184 e. The van der Waals surface area contributed by atoms with Crippen molar-refractivity contribution in [2.24, 2.45) is 0 Å². The molecule has 3 heterocycles. The number of aliphatic hydroxyl groups excluding tert-OH is 1. The van der Waals surface area contributed by atoms with Crippen LogP contribution in [0.5, 0.6) is 0 Å². The number of nitrogens with one attached hydrogen (secondary N) is 2. The Morgan fingerprint density at radius 1 is 1.27 bits per heavy atom. The summed E-state index contributed by atoms with van der Waals surface area (Å²) in [5, 5.41) is 33.3. The number of hydrogen-bond acceptors (Lipinski definition) is 6. The molecule has 1 unspecified atom stereocenters. The third kappa shape index (κ3) is 2.85. The number of aromatic amines is 1. The molecule has 4 aromatic rings. The van der Waals surface area contributed by atoms with Crippen molar-refractivity contribution in [3.05, 3.63) is 71.6 Å². The molecule has 0 aliphatic heterocycles. The van der Waals surface area contributed by atoms with Crippen molar-refractivity contribution in [2.75, 3.05) is 5.32 Å². The maximum absolute atomic E-state index is 13.1. The minimum Gasteiger partial charge on any atom is -0.380 e. The Balaban J connectivity index is 1.74. The number of rotatable bonds is 4. The molecule has 1 atom stereocenters. The highest BCUT2D eigenvalue weighted by Crippen LogP contribution is 2.24. The van der Waals surface area contributed by atoms with Gasteiger partial charge in [0, 0.05) is 12.3 Å². The molecule has 26 heavy (non-hydrogen) atoms. The van der Waals surface area contributed by atoms with E-state index < -0.39 is 11.9 Å². The zero-order chi connectivity index (χ0) is 18.1. The monoisotopic (exact) mass is 349 g/mol. The molecule has 0 saturated carbocycles. The summed E-state index contributed by atoms with van der Waals surface area (Å²) in [6, 6.07) is 12.6. The highest BCUT2D eigenvalue weighted by Gasteiger charge is 2.18. The molecular formula is C17H12FN7O. The third-order valence-electron chi connectivity index (χ3n) is 3.78. The summed E-state index contributed by atoms with van der Waals surface area (Å²) < 4.78 is 14.7. The van der Waals surface area contributed by atoms with Gasteiger partial charge in [-0.05, 0) is 29.8 Å². The van der Waals surface area contributed by atoms with Gasteiger partial charge < -0.3 is 10.4 Å². The molecule has 1 aromatic carbocycles. The number of aromatic nitrogens is 5. The number of nitriles is 1. The van der Waals surface area contributed by atoms with Gasteiger partial charge in [-0.25, -0.2) is 13.9 Å². The number of hydrogen-bond donors (Lipinski definition) is 3. The van der Waals surface area contributed by atoms with E-state index >= 15 is 0 Å². The molecule has 0 aliphatic carbocycles. The first-order valence-electron chi connectivity index (χ1n) is 7.65. The SMILES string of the molecule is N#Cc1cc(Nc2nc(C(O)c3ccc(F)cc3)nn3cccc23)n[nH]1. The van der Waals surface area contributed by atoms with Crippen molar-refractivity contribution >= 4 is 17.2 Å². The standard InChI is InChI=1S/C17H12FN7O/c18-11-5-3-10(4-6-11)15(26)17-21-16(13-2-1-7-25(13)24-17)20-14-8-12(9-19)22-23-14/h1-8,15,26H,(H2,20,21,22,23,24). The quantitative estimate of drug-likeness (QED) is 0.521. The fourth-order valence-electron chi connectivity index (χ4n) is 2.52. The average Bonchev–Trinajstić information content (AvgIpc) is 3.30. The van der Waals surface area contributed by atoms with Gasteiger partial charge in [0.25, 0.3) is 0 Å². The predicted molar refractivity (Wildman–Crippen MR) is 90.0 cm³/mol. The van der Waals surface area contributed by atoms with Gasteiger partial charge in [0.2, 0.25) is 0 Å². The van der Waals surface area contributed by atoms with Crippen LogP contribution in [0.15, 0.2) is 48.7 Å². The Labute approximate surface area is 146 Å². The lowest BCUT2D eigenvalue weighted by atomic mass is 10.1. The van der Waals surface area contributed by atoms with Crippen LogP contribution in [0.4, 0.5) is 16.0 Å². The van der Waals surface area contributed by atoms with Gasteiger partial charge in [0.1, 0.15) is 29.2 Å². The van der Waals surface area contributed by atoms with Crippen molar-refractivity contribution in [2.45, 2.75) is 6.10 Å². The van der Waals surface area contributed by atoms with Gasteiger partial charge in [0.05, 0.1) is 0 Å². The van der Waals surface area contributed by atoms with E-state index in [1.807, 2.05) is 6.07 Å². The smallest absolute Gasteiger partial charge is 0.184 e. The molecule has 4 rings (SSSR count). The zero-order valence-electron chi connectivity index (χ0n) is 13.3. The van der Waals surface area contributed by atoms with Crippen LogP contribution in [0, 0.1) is 17.1 Å². The Morgan fingerprint density at radius 2 is 2.08 bits per heavy atom. The molecule has 3 N–H and O–H groups in total. The van der Waals surface area contributed by atoms with E-state index in [1.165, 1.54) is 30.3 Å². The molecule has 128 valence electrons. The Bertz CT molecular complexity index is 1110. The number of anilines is 2. The van der Waals surface area contributed by atoms with Crippen LogP contribution in [0.3, 0.4) is 0 Å². The average molecular weight is 349 g/mol. The van der Waals surface area contributed by atoms with Crippen molar-refractivity contribution in [3.63, 3.8) is 0 Å². The minimum atomic E-state index is -1.13. The molecule has 8 nitrogen and oxygen atoms in total. The molecular weight excluding hydrogens is 337 g/mol. The second-order valence-electron chi connectivity index (χ2n) is 5.51. The van der Waals surface area contributed by atoms with E-state index in [4.69, 9.17) is 5.26 Å². The first-order valence-corrected chi connectivity index (χ1v) is 7.65. The van der Waals surface area contributed by atoms with E-state index in [0.29, 0.717) is 28.4 Å². The van der Waals surface area contributed by atoms with Gasteiger partial charge in [-0.1, -0.05) is 12.1 Å². The van der Waals surface area contributed by atoms with Crippen molar-refractivity contribution in [1.29, 1.82) is 5.26 Å². The number of fused-ring (bicyclic) bond motifs is 1. The Kier molecular flexibility index (Phi) is 3.79. The molecule has 0 amide bonds. The maximum atomic E-state index is 13.1. The van der Waals surface area contributed by atoms with E-state index in [2.05, 4.69) is 25.6 Å². The summed E-state index contributed by atoms with van der Waals surface area (Å²) in [6.45, 7) is 0. The number of benzene rings is 1. The fraction of sp³-hybridized carbons (Fsp3) is 0.0588.